The van der Waals surface area contributed by atoms with E-state index in [0.29, 0.717) is 36.6 Å². The third-order valence-electron chi connectivity index (χ3n) is 7.32. The van der Waals surface area contributed by atoms with Crippen LogP contribution in [-0.4, -0.2) is 20.2 Å². The van der Waals surface area contributed by atoms with Gasteiger partial charge in [0, 0.05) is 12.2 Å². The molecule has 1 fully saturated rings. The molecule has 0 unspecified atom stereocenters. The van der Waals surface area contributed by atoms with E-state index in [1.807, 2.05) is 31.2 Å². The van der Waals surface area contributed by atoms with Crippen LogP contribution in [0.15, 0.2) is 53.3 Å². The first-order valence-corrected chi connectivity index (χ1v) is 12.9. The minimum atomic E-state index is -2.71. The number of carboxylic acids is 1. The second-order valence-electron chi connectivity index (χ2n) is 9.74. The summed E-state index contributed by atoms with van der Waals surface area (Å²) >= 11 is 0. The standard InChI is InChI=1S/C29H34F2N2O3/c1-2-8-25-26(27(30)31)32(18-17-20-9-4-3-5-10-20)29(36)33(25)19-21-13-15-22(16-14-21)23-11-6-7-12-24(23)28(34)35/h6-7,11-16,20,27H,2-5,8-10,17-19H2,1H3,(H,34,35). The number of carboxylic acid groups (broad SMARTS) is 1. The zero-order valence-electron chi connectivity index (χ0n) is 20.8. The summed E-state index contributed by atoms with van der Waals surface area (Å²) in [5, 5.41) is 9.49. The first kappa shape index (κ1) is 25.9. The normalized spacial score (nSPS) is 14.4. The molecule has 0 radical (unpaired) electrons. The second-order valence-corrected chi connectivity index (χ2v) is 9.74. The SMILES string of the molecule is CCCc1c(C(F)F)n(CCC2CCCCC2)c(=O)n1Cc1ccc(-c2ccccc2C(=O)O)cc1. The molecule has 36 heavy (non-hydrogen) atoms. The topological polar surface area (TPSA) is 64.2 Å². The zero-order chi connectivity index (χ0) is 25.7. The predicted molar refractivity (Wildman–Crippen MR) is 137 cm³/mol. The van der Waals surface area contributed by atoms with Crippen molar-refractivity contribution in [2.24, 2.45) is 5.92 Å². The maximum atomic E-state index is 14.2. The van der Waals surface area contributed by atoms with Crippen LogP contribution in [0.2, 0.25) is 0 Å². The van der Waals surface area contributed by atoms with Crippen molar-refractivity contribution in [1.82, 2.24) is 9.13 Å². The van der Waals surface area contributed by atoms with Crippen molar-refractivity contribution in [1.29, 1.82) is 0 Å². The van der Waals surface area contributed by atoms with Crippen molar-refractivity contribution in [3.63, 3.8) is 0 Å². The fraction of sp³-hybridized carbons (Fsp3) is 0.448. The largest absolute Gasteiger partial charge is 0.478 e. The van der Waals surface area contributed by atoms with Gasteiger partial charge in [-0.3, -0.25) is 9.13 Å². The van der Waals surface area contributed by atoms with Gasteiger partial charge in [0.2, 0.25) is 0 Å². The smallest absolute Gasteiger partial charge is 0.336 e. The van der Waals surface area contributed by atoms with Crippen molar-refractivity contribution in [3.8, 4) is 11.1 Å². The molecule has 0 saturated heterocycles. The van der Waals surface area contributed by atoms with Crippen LogP contribution >= 0.6 is 0 Å². The molecule has 0 aliphatic heterocycles. The van der Waals surface area contributed by atoms with E-state index in [1.54, 1.807) is 24.3 Å². The van der Waals surface area contributed by atoms with E-state index in [2.05, 4.69) is 0 Å². The number of imidazole rings is 1. The Morgan fingerprint density at radius 1 is 1.03 bits per heavy atom. The molecule has 0 amide bonds. The molecular formula is C29H34F2N2O3. The first-order valence-electron chi connectivity index (χ1n) is 12.9. The van der Waals surface area contributed by atoms with Gasteiger partial charge in [0.05, 0.1) is 12.1 Å². The minimum Gasteiger partial charge on any atom is -0.478 e. The molecule has 192 valence electrons. The van der Waals surface area contributed by atoms with Gasteiger partial charge in [-0.1, -0.05) is 87.9 Å². The third-order valence-corrected chi connectivity index (χ3v) is 7.32. The summed E-state index contributed by atoms with van der Waals surface area (Å²) in [4.78, 5) is 25.0. The average Bonchev–Trinajstić information content (AvgIpc) is 3.14. The summed E-state index contributed by atoms with van der Waals surface area (Å²) in [6, 6.07) is 14.1. The Labute approximate surface area is 210 Å². The minimum absolute atomic E-state index is 0.135. The van der Waals surface area contributed by atoms with Gasteiger partial charge in [-0.15, -0.1) is 0 Å². The lowest BCUT2D eigenvalue weighted by Gasteiger charge is -2.21. The molecule has 1 aliphatic carbocycles. The number of aromatic carboxylic acids is 1. The van der Waals surface area contributed by atoms with E-state index in [4.69, 9.17) is 0 Å². The number of aromatic nitrogens is 2. The Hall–Kier alpha value is -3.22. The number of hydrogen-bond acceptors (Lipinski definition) is 2. The molecule has 2 aromatic carbocycles. The van der Waals surface area contributed by atoms with Crippen LogP contribution in [0.4, 0.5) is 8.78 Å². The van der Waals surface area contributed by atoms with E-state index in [1.165, 1.54) is 28.4 Å². The molecule has 0 atom stereocenters. The number of halogens is 2. The van der Waals surface area contributed by atoms with Gasteiger partial charge in [-0.2, -0.15) is 0 Å². The molecule has 0 bridgehead atoms. The van der Waals surface area contributed by atoms with Crippen LogP contribution in [0.3, 0.4) is 0 Å². The Balaban J connectivity index is 1.63. The fourth-order valence-electron chi connectivity index (χ4n) is 5.46. The lowest BCUT2D eigenvalue weighted by atomic mass is 9.87. The number of carbonyl (C=O) groups is 1. The highest BCUT2D eigenvalue weighted by molar-refractivity contribution is 5.95. The van der Waals surface area contributed by atoms with Gasteiger partial charge in [0.15, 0.2) is 0 Å². The van der Waals surface area contributed by atoms with Crippen LogP contribution < -0.4 is 5.69 Å². The summed E-state index contributed by atoms with van der Waals surface area (Å²) in [5.41, 5.74) is 2.28. The van der Waals surface area contributed by atoms with Crippen LogP contribution in [0.1, 0.15) is 85.6 Å². The van der Waals surface area contributed by atoms with Crippen molar-refractivity contribution < 1.29 is 18.7 Å². The van der Waals surface area contributed by atoms with E-state index in [9.17, 15) is 23.5 Å². The average molecular weight is 497 g/mol. The summed E-state index contributed by atoms with van der Waals surface area (Å²) in [5.74, 6) is -0.505. The Morgan fingerprint density at radius 3 is 2.36 bits per heavy atom. The molecule has 1 heterocycles. The van der Waals surface area contributed by atoms with Gasteiger partial charge in [0.1, 0.15) is 5.69 Å². The van der Waals surface area contributed by atoms with Gasteiger partial charge in [0.25, 0.3) is 6.43 Å². The highest BCUT2D eigenvalue weighted by atomic mass is 19.3. The molecule has 1 N–H and O–H groups in total. The Bertz CT molecular complexity index is 1240. The quantitative estimate of drug-likeness (QED) is 0.331. The van der Waals surface area contributed by atoms with Crippen LogP contribution in [0.5, 0.6) is 0 Å². The number of alkyl halides is 2. The van der Waals surface area contributed by atoms with Gasteiger partial charge in [-0.25, -0.2) is 18.4 Å². The highest BCUT2D eigenvalue weighted by Gasteiger charge is 2.26. The third kappa shape index (κ3) is 5.61. The maximum absolute atomic E-state index is 14.2. The summed E-state index contributed by atoms with van der Waals surface area (Å²) in [7, 11) is 0. The predicted octanol–water partition coefficient (Wildman–Crippen LogP) is 6.92. The Kier molecular flexibility index (Phi) is 8.39. The van der Waals surface area contributed by atoms with E-state index >= 15 is 0 Å². The van der Waals surface area contributed by atoms with E-state index in [0.717, 1.165) is 30.4 Å². The molecule has 0 spiro atoms. The van der Waals surface area contributed by atoms with Crippen LogP contribution in [0, 0.1) is 5.92 Å². The van der Waals surface area contributed by atoms with Crippen molar-refractivity contribution in [2.45, 2.75) is 77.8 Å². The molecule has 7 heteroatoms. The zero-order valence-corrected chi connectivity index (χ0v) is 20.8. The summed E-state index contributed by atoms with van der Waals surface area (Å²) in [6.45, 7) is 2.46. The molecule has 1 aromatic heterocycles. The van der Waals surface area contributed by atoms with E-state index < -0.39 is 12.4 Å². The number of hydrogen-bond donors (Lipinski definition) is 1. The van der Waals surface area contributed by atoms with Crippen molar-refractivity contribution >= 4 is 5.97 Å². The fourth-order valence-corrected chi connectivity index (χ4v) is 5.46. The molecule has 1 saturated carbocycles. The van der Waals surface area contributed by atoms with Crippen molar-refractivity contribution in [2.75, 3.05) is 0 Å². The first-order chi connectivity index (χ1) is 17.4. The number of nitrogens with zero attached hydrogens (tertiary/aromatic N) is 2. The van der Waals surface area contributed by atoms with Crippen molar-refractivity contribution in [3.05, 3.63) is 81.5 Å². The van der Waals surface area contributed by atoms with Crippen LogP contribution in [0.25, 0.3) is 11.1 Å². The lowest BCUT2D eigenvalue weighted by Crippen LogP contribution is -2.27. The molecule has 3 aromatic rings. The summed E-state index contributed by atoms with van der Waals surface area (Å²) in [6.07, 6.45) is 4.93. The highest BCUT2D eigenvalue weighted by Crippen LogP contribution is 2.29. The van der Waals surface area contributed by atoms with E-state index in [-0.39, 0.29) is 23.5 Å². The molecule has 4 rings (SSSR count). The maximum Gasteiger partial charge on any atom is 0.336 e. The Morgan fingerprint density at radius 2 is 1.72 bits per heavy atom. The van der Waals surface area contributed by atoms with Crippen LogP contribution in [-0.2, 0) is 19.5 Å². The van der Waals surface area contributed by atoms with Gasteiger partial charge in [-0.05, 0) is 41.5 Å². The molecular weight excluding hydrogens is 462 g/mol. The number of rotatable bonds is 10. The summed E-state index contributed by atoms with van der Waals surface area (Å²) < 4.78 is 31.3. The molecule has 1 aliphatic rings. The van der Waals surface area contributed by atoms with Gasteiger partial charge < -0.3 is 5.11 Å². The van der Waals surface area contributed by atoms with Gasteiger partial charge >= 0.3 is 11.7 Å². The number of benzene rings is 2. The lowest BCUT2D eigenvalue weighted by molar-refractivity contribution is 0.0697. The molecule has 5 nitrogen and oxygen atoms in total. The second kappa shape index (κ2) is 11.7. The monoisotopic (exact) mass is 496 g/mol.